The Kier molecular flexibility index (Phi) is 3.74. The Morgan fingerprint density at radius 3 is 2.79 bits per heavy atom. The standard InChI is InChI=1S/C15H20ClN3/c1-11-6-7-13-15(17-11)19(14(18-13)8-9-16)10-12-4-2-3-5-12/h6-7,12H,2-5,8-10H2,1H3. The molecule has 0 aromatic carbocycles. The predicted octanol–water partition coefficient (Wildman–Crippen LogP) is 3.71. The van der Waals surface area contributed by atoms with Gasteiger partial charge in [0.1, 0.15) is 11.3 Å². The van der Waals surface area contributed by atoms with E-state index in [4.69, 9.17) is 16.6 Å². The summed E-state index contributed by atoms with van der Waals surface area (Å²) in [6, 6.07) is 4.10. The van der Waals surface area contributed by atoms with Crippen LogP contribution in [0.1, 0.15) is 37.2 Å². The normalized spacial score (nSPS) is 16.5. The monoisotopic (exact) mass is 277 g/mol. The molecule has 0 saturated heterocycles. The van der Waals surface area contributed by atoms with Crippen LogP contribution in [0.25, 0.3) is 11.2 Å². The van der Waals surface area contributed by atoms with Gasteiger partial charge in [0.15, 0.2) is 5.65 Å². The van der Waals surface area contributed by atoms with E-state index in [-0.39, 0.29) is 0 Å². The number of imidazole rings is 1. The number of nitrogens with zero attached hydrogens (tertiary/aromatic N) is 3. The number of alkyl halides is 1. The van der Waals surface area contributed by atoms with E-state index in [0.29, 0.717) is 5.88 Å². The first-order valence-electron chi connectivity index (χ1n) is 7.16. The van der Waals surface area contributed by atoms with Crippen molar-refractivity contribution in [1.29, 1.82) is 0 Å². The van der Waals surface area contributed by atoms with Gasteiger partial charge < -0.3 is 4.57 Å². The van der Waals surface area contributed by atoms with Crippen LogP contribution in [-0.4, -0.2) is 20.4 Å². The number of pyridine rings is 1. The van der Waals surface area contributed by atoms with E-state index in [1.165, 1.54) is 25.7 Å². The first-order valence-corrected chi connectivity index (χ1v) is 7.70. The summed E-state index contributed by atoms with van der Waals surface area (Å²) in [6.45, 7) is 3.09. The van der Waals surface area contributed by atoms with Crippen molar-refractivity contribution in [3.8, 4) is 0 Å². The Balaban J connectivity index is 2.01. The van der Waals surface area contributed by atoms with Crippen LogP contribution in [0, 0.1) is 12.8 Å². The van der Waals surface area contributed by atoms with E-state index in [1.54, 1.807) is 0 Å². The van der Waals surface area contributed by atoms with E-state index in [0.717, 1.165) is 41.6 Å². The topological polar surface area (TPSA) is 30.7 Å². The van der Waals surface area contributed by atoms with Crippen molar-refractivity contribution < 1.29 is 0 Å². The molecule has 0 amide bonds. The van der Waals surface area contributed by atoms with Crippen molar-refractivity contribution >= 4 is 22.8 Å². The third-order valence-corrected chi connectivity index (χ3v) is 4.23. The minimum Gasteiger partial charge on any atom is -0.312 e. The van der Waals surface area contributed by atoms with Gasteiger partial charge in [0.2, 0.25) is 0 Å². The van der Waals surface area contributed by atoms with Crippen molar-refractivity contribution in [3.05, 3.63) is 23.7 Å². The van der Waals surface area contributed by atoms with E-state index in [2.05, 4.69) is 15.6 Å². The molecule has 1 aliphatic rings. The predicted molar refractivity (Wildman–Crippen MR) is 78.6 cm³/mol. The number of aryl methyl sites for hydroxylation is 2. The maximum atomic E-state index is 5.91. The lowest BCUT2D eigenvalue weighted by atomic mass is 10.1. The lowest BCUT2D eigenvalue weighted by Gasteiger charge is -2.13. The zero-order valence-electron chi connectivity index (χ0n) is 11.4. The summed E-state index contributed by atoms with van der Waals surface area (Å²) < 4.78 is 2.31. The molecule has 2 aromatic heterocycles. The zero-order chi connectivity index (χ0) is 13.2. The van der Waals surface area contributed by atoms with Crippen LogP contribution in [0.2, 0.25) is 0 Å². The number of rotatable bonds is 4. The number of halogens is 1. The molecule has 0 bridgehead atoms. The minimum atomic E-state index is 0.618. The number of aromatic nitrogens is 3. The van der Waals surface area contributed by atoms with Crippen molar-refractivity contribution in [1.82, 2.24) is 14.5 Å². The van der Waals surface area contributed by atoms with E-state index in [9.17, 15) is 0 Å². The SMILES string of the molecule is Cc1ccc2nc(CCCl)n(CC3CCCC3)c2n1. The van der Waals surface area contributed by atoms with Gasteiger partial charge >= 0.3 is 0 Å². The fraction of sp³-hybridized carbons (Fsp3) is 0.600. The molecule has 0 N–H and O–H groups in total. The molecule has 4 heteroatoms. The Labute approximate surface area is 119 Å². The molecule has 3 rings (SSSR count). The average molecular weight is 278 g/mol. The Morgan fingerprint density at radius 2 is 2.05 bits per heavy atom. The highest BCUT2D eigenvalue weighted by Gasteiger charge is 2.19. The van der Waals surface area contributed by atoms with Gasteiger partial charge in [-0.15, -0.1) is 11.6 Å². The van der Waals surface area contributed by atoms with E-state index < -0.39 is 0 Å². The number of hydrogen-bond donors (Lipinski definition) is 0. The molecule has 102 valence electrons. The van der Waals surface area contributed by atoms with Crippen LogP contribution in [0.3, 0.4) is 0 Å². The van der Waals surface area contributed by atoms with Gasteiger partial charge in [-0.25, -0.2) is 9.97 Å². The largest absolute Gasteiger partial charge is 0.312 e. The van der Waals surface area contributed by atoms with Gasteiger partial charge in [0.25, 0.3) is 0 Å². The quantitative estimate of drug-likeness (QED) is 0.798. The highest BCUT2D eigenvalue weighted by atomic mass is 35.5. The summed E-state index contributed by atoms with van der Waals surface area (Å²) in [4.78, 5) is 9.38. The highest BCUT2D eigenvalue weighted by Crippen LogP contribution is 2.28. The van der Waals surface area contributed by atoms with Gasteiger partial charge in [-0.2, -0.15) is 0 Å². The summed E-state index contributed by atoms with van der Waals surface area (Å²) in [5, 5.41) is 0. The fourth-order valence-corrected chi connectivity index (χ4v) is 3.23. The van der Waals surface area contributed by atoms with Crippen molar-refractivity contribution in [2.75, 3.05) is 5.88 Å². The molecule has 1 saturated carbocycles. The molecule has 2 aromatic rings. The van der Waals surface area contributed by atoms with Crippen LogP contribution in [0.4, 0.5) is 0 Å². The Bertz CT molecular complexity index is 570. The Hall–Kier alpha value is -1.09. The van der Waals surface area contributed by atoms with Crippen LogP contribution in [0.5, 0.6) is 0 Å². The van der Waals surface area contributed by atoms with E-state index >= 15 is 0 Å². The zero-order valence-corrected chi connectivity index (χ0v) is 12.2. The molecule has 0 radical (unpaired) electrons. The first-order chi connectivity index (χ1) is 9.28. The second-order valence-corrected chi connectivity index (χ2v) is 5.90. The third kappa shape index (κ3) is 2.62. The maximum Gasteiger partial charge on any atom is 0.160 e. The van der Waals surface area contributed by atoms with Crippen LogP contribution >= 0.6 is 11.6 Å². The molecule has 0 spiro atoms. The smallest absolute Gasteiger partial charge is 0.160 e. The molecule has 0 unspecified atom stereocenters. The summed E-state index contributed by atoms with van der Waals surface area (Å²) in [7, 11) is 0. The second kappa shape index (κ2) is 5.49. The number of hydrogen-bond acceptors (Lipinski definition) is 2. The molecule has 1 fully saturated rings. The van der Waals surface area contributed by atoms with Crippen LogP contribution < -0.4 is 0 Å². The van der Waals surface area contributed by atoms with Gasteiger partial charge in [-0.1, -0.05) is 12.8 Å². The molecule has 0 aliphatic heterocycles. The summed E-state index contributed by atoms with van der Waals surface area (Å²) in [6.07, 6.45) is 6.24. The van der Waals surface area contributed by atoms with Gasteiger partial charge in [-0.05, 0) is 37.8 Å². The lowest BCUT2D eigenvalue weighted by molar-refractivity contribution is 0.454. The van der Waals surface area contributed by atoms with Gasteiger partial charge in [0.05, 0.1) is 0 Å². The third-order valence-electron chi connectivity index (χ3n) is 4.04. The molecule has 19 heavy (non-hydrogen) atoms. The fourth-order valence-electron chi connectivity index (χ4n) is 3.06. The summed E-state index contributed by atoms with van der Waals surface area (Å²) >= 11 is 5.91. The Morgan fingerprint density at radius 1 is 1.26 bits per heavy atom. The second-order valence-electron chi connectivity index (χ2n) is 5.52. The molecule has 0 atom stereocenters. The van der Waals surface area contributed by atoms with Crippen molar-refractivity contribution in [2.24, 2.45) is 5.92 Å². The molecule has 1 aliphatic carbocycles. The molecule has 3 nitrogen and oxygen atoms in total. The average Bonchev–Trinajstić information content (AvgIpc) is 3.00. The summed E-state index contributed by atoms with van der Waals surface area (Å²) in [5.41, 5.74) is 3.09. The molecular weight excluding hydrogens is 258 g/mol. The minimum absolute atomic E-state index is 0.618. The van der Waals surface area contributed by atoms with E-state index in [1.807, 2.05) is 13.0 Å². The van der Waals surface area contributed by atoms with Crippen molar-refractivity contribution in [3.63, 3.8) is 0 Å². The van der Waals surface area contributed by atoms with Crippen LogP contribution in [-0.2, 0) is 13.0 Å². The first kappa shape index (κ1) is 12.9. The van der Waals surface area contributed by atoms with Gasteiger partial charge in [-0.3, -0.25) is 0 Å². The summed E-state index contributed by atoms with van der Waals surface area (Å²) in [5.74, 6) is 2.50. The maximum absolute atomic E-state index is 5.91. The highest BCUT2D eigenvalue weighted by molar-refractivity contribution is 6.17. The molecule has 2 heterocycles. The van der Waals surface area contributed by atoms with Crippen molar-refractivity contribution in [2.45, 2.75) is 45.6 Å². The van der Waals surface area contributed by atoms with Gasteiger partial charge in [0, 0.05) is 24.5 Å². The lowest BCUT2D eigenvalue weighted by Crippen LogP contribution is -2.12. The van der Waals surface area contributed by atoms with Crippen LogP contribution in [0.15, 0.2) is 12.1 Å². The molecular formula is C15H20ClN3. The number of fused-ring (bicyclic) bond motifs is 1.